The summed E-state index contributed by atoms with van der Waals surface area (Å²) in [4.78, 5) is 12.2. The Morgan fingerprint density at radius 3 is 2.00 bits per heavy atom. The Labute approximate surface area is 106 Å². The van der Waals surface area contributed by atoms with Crippen molar-refractivity contribution in [2.75, 3.05) is 0 Å². The standard InChI is InChI=1S/C15H18F2O/c16-12-9-6-10-13(17)14(12)15(18)11-7-4-2-1-3-5-8-11/h6,9-11H,1-5,7-8H2. The minimum Gasteiger partial charge on any atom is -0.294 e. The van der Waals surface area contributed by atoms with E-state index in [1.54, 1.807) is 0 Å². The van der Waals surface area contributed by atoms with E-state index >= 15 is 0 Å². The molecule has 98 valence electrons. The fraction of sp³-hybridized carbons (Fsp3) is 0.533. The molecule has 0 radical (unpaired) electrons. The van der Waals surface area contributed by atoms with Crippen molar-refractivity contribution in [3.05, 3.63) is 35.4 Å². The highest BCUT2D eigenvalue weighted by molar-refractivity contribution is 5.98. The zero-order valence-corrected chi connectivity index (χ0v) is 10.4. The molecule has 1 aliphatic carbocycles. The van der Waals surface area contributed by atoms with Crippen molar-refractivity contribution < 1.29 is 13.6 Å². The van der Waals surface area contributed by atoms with Gasteiger partial charge in [0.25, 0.3) is 0 Å². The Morgan fingerprint density at radius 1 is 0.944 bits per heavy atom. The predicted molar refractivity (Wildman–Crippen MR) is 66.5 cm³/mol. The summed E-state index contributed by atoms with van der Waals surface area (Å²) in [5.74, 6) is -2.03. The minimum atomic E-state index is -0.734. The molecule has 0 unspecified atom stereocenters. The fourth-order valence-corrected chi connectivity index (χ4v) is 2.66. The molecule has 1 fully saturated rings. The van der Waals surface area contributed by atoms with E-state index in [2.05, 4.69) is 0 Å². The molecule has 1 saturated carbocycles. The van der Waals surface area contributed by atoms with Crippen LogP contribution in [0.25, 0.3) is 0 Å². The topological polar surface area (TPSA) is 17.1 Å². The minimum absolute atomic E-state index is 0.211. The van der Waals surface area contributed by atoms with E-state index < -0.39 is 11.6 Å². The molecule has 0 amide bonds. The lowest BCUT2D eigenvalue weighted by Crippen LogP contribution is -2.19. The van der Waals surface area contributed by atoms with Crippen LogP contribution in [0.5, 0.6) is 0 Å². The van der Waals surface area contributed by atoms with Crippen molar-refractivity contribution in [2.24, 2.45) is 5.92 Å². The number of carbonyl (C=O) groups is 1. The predicted octanol–water partition coefficient (Wildman–Crippen LogP) is 4.51. The maximum Gasteiger partial charge on any atom is 0.171 e. The average molecular weight is 252 g/mol. The Balaban J connectivity index is 2.18. The number of rotatable bonds is 2. The Kier molecular flexibility index (Phi) is 4.45. The van der Waals surface area contributed by atoms with Gasteiger partial charge < -0.3 is 0 Å². The summed E-state index contributed by atoms with van der Waals surface area (Å²) in [7, 11) is 0. The van der Waals surface area contributed by atoms with Gasteiger partial charge in [-0.15, -0.1) is 0 Å². The molecule has 0 saturated heterocycles. The Morgan fingerprint density at radius 2 is 1.44 bits per heavy atom. The third-order valence-corrected chi connectivity index (χ3v) is 3.69. The van der Waals surface area contributed by atoms with E-state index in [0.29, 0.717) is 0 Å². The van der Waals surface area contributed by atoms with Crippen molar-refractivity contribution in [3.63, 3.8) is 0 Å². The van der Waals surface area contributed by atoms with Crippen LogP contribution in [0.4, 0.5) is 8.78 Å². The molecular formula is C15H18F2O. The lowest BCUT2D eigenvalue weighted by molar-refractivity contribution is 0.0889. The molecule has 0 atom stereocenters. The quantitative estimate of drug-likeness (QED) is 0.708. The van der Waals surface area contributed by atoms with Crippen LogP contribution in [0.3, 0.4) is 0 Å². The maximum atomic E-state index is 13.6. The van der Waals surface area contributed by atoms with Crippen LogP contribution in [0.1, 0.15) is 55.3 Å². The third kappa shape index (κ3) is 2.95. The van der Waals surface area contributed by atoms with Gasteiger partial charge in [0.15, 0.2) is 5.78 Å². The van der Waals surface area contributed by atoms with Crippen LogP contribution in [-0.2, 0) is 0 Å². The number of halogens is 2. The van der Waals surface area contributed by atoms with Gasteiger partial charge in [-0.3, -0.25) is 4.79 Å². The first-order valence-electron chi connectivity index (χ1n) is 6.68. The highest BCUT2D eigenvalue weighted by Crippen LogP contribution is 2.27. The zero-order valence-electron chi connectivity index (χ0n) is 10.4. The lowest BCUT2D eigenvalue weighted by Gasteiger charge is -2.18. The van der Waals surface area contributed by atoms with Crippen LogP contribution in [0, 0.1) is 17.6 Å². The average Bonchev–Trinajstić information content (AvgIpc) is 2.27. The van der Waals surface area contributed by atoms with E-state index in [-0.39, 0.29) is 17.3 Å². The Bertz CT molecular complexity index is 400. The summed E-state index contributed by atoms with van der Waals surface area (Å²) in [5.41, 5.74) is -0.344. The third-order valence-electron chi connectivity index (χ3n) is 3.69. The molecule has 1 nitrogen and oxygen atoms in total. The summed E-state index contributed by atoms with van der Waals surface area (Å²) in [5, 5.41) is 0. The van der Waals surface area contributed by atoms with Crippen LogP contribution in [0.15, 0.2) is 18.2 Å². The van der Waals surface area contributed by atoms with Crippen LogP contribution >= 0.6 is 0 Å². The van der Waals surface area contributed by atoms with Gasteiger partial charge in [0, 0.05) is 5.92 Å². The number of benzene rings is 1. The summed E-state index contributed by atoms with van der Waals surface area (Å²) in [6.07, 6.45) is 6.90. The van der Waals surface area contributed by atoms with Gasteiger partial charge >= 0.3 is 0 Å². The summed E-state index contributed by atoms with van der Waals surface area (Å²) >= 11 is 0. The van der Waals surface area contributed by atoms with E-state index in [1.165, 1.54) is 12.5 Å². The smallest absolute Gasteiger partial charge is 0.171 e. The van der Waals surface area contributed by atoms with Gasteiger partial charge in [-0.05, 0) is 25.0 Å². The van der Waals surface area contributed by atoms with Crippen molar-refractivity contribution in [1.82, 2.24) is 0 Å². The first kappa shape index (κ1) is 13.2. The van der Waals surface area contributed by atoms with Gasteiger partial charge in [-0.1, -0.05) is 38.2 Å². The normalized spacial score (nSPS) is 18.1. The van der Waals surface area contributed by atoms with Gasteiger partial charge in [-0.25, -0.2) is 8.78 Å². The second-order valence-corrected chi connectivity index (χ2v) is 5.00. The van der Waals surface area contributed by atoms with E-state index in [4.69, 9.17) is 0 Å². The largest absolute Gasteiger partial charge is 0.294 e. The van der Waals surface area contributed by atoms with Crippen molar-refractivity contribution in [1.29, 1.82) is 0 Å². The molecule has 1 aromatic rings. The number of carbonyl (C=O) groups excluding carboxylic acids is 1. The van der Waals surface area contributed by atoms with Gasteiger partial charge in [0.2, 0.25) is 0 Å². The molecule has 0 aliphatic heterocycles. The Hall–Kier alpha value is -1.25. The first-order chi connectivity index (χ1) is 8.70. The van der Waals surface area contributed by atoms with Gasteiger partial charge in [0.1, 0.15) is 11.6 Å². The maximum absolute atomic E-state index is 13.6. The van der Waals surface area contributed by atoms with E-state index in [0.717, 1.165) is 50.7 Å². The number of Topliss-reactive ketones (excluding diaryl/α,β-unsaturated/α-hetero) is 1. The molecule has 0 heterocycles. The molecule has 3 heteroatoms. The van der Waals surface area contributed by atoms with Crippen LogP contribution in [-0.4, -0.2) is 5.78 Å². The second kappa shape index (κ2) is 6.07. The highest BCUT2D eigenvalue weighted by atomic mass is 19.1. The molecule has 1 aromatic carbocycles. The number of ketones is 1. The molecule has 0 spiro atoms. The first-order valence-corrected chi connectivity index (χ1v) is 6.68. The van der Waals surface area contributed by atoms with Gasteiger partial charge in [-0.2, -0.15) is 0 Å². The SMILES string of the molecule is O=C(c1c(F)cccc1F)C1CCCCCCC1. The van der Waals surface area contributed by atoms with Crippen molar-refractivity contribution >= 4 is 5.78 Å². The molecule has 18 heavy (non-hydrogen) atoms. The van der Waals surface area contributed by atoms with E-state index in [1.807, 2.05) is 0 Å². The number of hydrogen-bond acceptors (Lipinski definition) is 1. The summed E-state index contributed by atoms with van der Waals surface area (Å²) in [6, 6.07) is 3.60. The molecule has 2 rings (SSSR count). The molecule has 0 N–H and O–H groups in total. The number of hydrogen-bond donors (Lipinski definition) is 0. The lowest BCUT2D eigenvalue weighted by atomic mass is 9.85. The second-order valence-electron chi connectivity index (χ2n) is 5.00. The monoisotopic (exact) mass is 252 g/mol. The summed E-state index contributed by atoms with van der Waals surface area (Å²) in [6.45, 7) is 0. The van der Waals surface area contributed by atoms with Crippen LogP contribution in [0.2, 0.25) is 0 Å². The highest BCUT2D eigenvalue weighted by Gasteiger charge is 2.25. The molecule has 1 aliphatic rings. The zero-order chi connectivity index (χ0) is 13.0. The fourth-order valence-electron chi connectivity index (χ4n) is 2.66. The summed E-state index contributed by atoms with van der Waals surface area (Å²) < 4.78 is 27.2. The molecular weight excluding hydrogens is 234 g/mol. The van der Waals surface area contributed by atoms with E-state index in [9.17, 15) is 13.6 Å². The van der Waals surface area contributed by atoms with Crippen LogP contribution < -0.4 is 0 Å². The van der Waals surface area contributed by atoms with Crippen molar-refractivity contribution in [2.45, 2.75) is 44.9 Å². The van der Waals surface area contributed by atoms with Crippen molar-refractivity contribution in [3.8, 4) is 0 Å². The molecule has 0 bridgehead atoms. The van der Waals surface area contributed by atoms with Gasteiger partial charge in [0.05, 0.1) is 5.56 Å². The molecule has 0 aromatic heterocycles.